The van der Waals surface area contributed by atoms with Crippen LogP contribution in [-0.4, -0.2) is 17.0 Å². The Morgan fingerprint density at radius 3 is 2.56 bits per heavy atom. The van der Waals surface area contributed by atoms with Crippen LogP contribution in [0.25, 0.3) is 11.4 Å². The molecule has 0 saturated carbocycles. The lowest BCUT2D eigenvalue weighted by molar-refractivity contribution is 1.12. The molecule has 16 heavy (non-hydrogen) atoms. The first-order chi connectivity index (χ1) is 7.70. The molecule has 0 radical (unpaired) electrons. The van der Waals surface area contributed by atoms with Crippen LogP contribution in [0.2, 0.25) is 5.02 Å². The van der Waals surface area contributed by atoms with Crippen molar-refractivity contribution in [1.29, 1.82) is 0 Å². The predicted octanol–water partition coefficient (Wildman–Crippen LogP) is 2.13. The molecule has 0 aliphatic heterocycles. The van der Waals surface area contributed by atoms with Crippen molar-refractivity contribution >= 4 is 17.3 Å². The minimum absolute atomic E-state index is 0.192. The summed E-state index contributed by atoms with van der Waals surface area (Å²) >= 11 is 5.78. The molecule has 2 N–H and O–H groups in total. The number of H-pyrrole nitrogens is 1. The molecule has 0 unspecified atom stereocenters. The topological polar surface area (TPSA) is 57.8 Å². The van der Waals surface area contributed by atoms with Gasteiger partial charge in [-0.25, -0.2) is 4.98 Å². The van der Waals surface area contributed by atoms with Gasteiger partial charge in [-0.3, -0.25) is 4.79 Å². The number of halogens is 1. The van der Waals surface area contributed by atoms with E-state index in [1.165, 1.54) is 6.20 Å². The Balaban J connectivity index is 2.45. The van der Waals surface area contributed by atoms with Gasteiger partial charge in [0.1, 0.15) is 11.5 Å². The average molecular weight is 236 g/mol. The van der Waals surface area contributed by atoms with E-state index < -0.39 is 0 Å². The fourth-order valence-electron chi connectivity index (χ4n) is 1.33. The SMILES string of the molecule is CNc1cnc(-c2ccc(Cl)cc2)[nH]c1=O. The number of nitrogens with one attached hydrogen (secondary N) is 2. The van der Waals surface area contributed by atoms with E-state index in [-0.39, 0.29) is 5.56 Å². The lowest BCUT2D eigenvalue weighted by atomic mass is 10.2. The Morgan fingerprint density at radius 2 is 2.00 bits per heavy atom. The first-order valence-corrected chi connectivity index (χ1v) is 5.11. The zero-order valence-electron chi connectivity index (χ0n) is 8.62. The zero-order chi connectivity index (χ0) is 11.5. The maximum Gasteiger partial charge on any atom is 0.274 e. The second-order valence-corrected chi connectivity index (χ2v) is 3.67. The van der Waals surface area contributed by atoms with Gasteiger partial charge in [0.2, 0.25) is 0 Å². The summed E-state index contributed by atoms with van der Waals surface area (Å²) in [7, 11) is 1.67. The highest BCUT2D eigenvalue weighted by Crippen LogP contribution is 2.17. The fourth-order valence-corrected chi connectivity index (χ4v) is 1.45. The molecule has 1 aromatic heterocycles. The molecular weight excluding hydrogens is 226 g/mol. The number of hydrogen-bond acceptors (Lipinski definition) is 3. The molecular formula is C11H10ClN3O. The minimum atomic E-state index is -0.192. The van der Waals surface area contributed by atoms with Crippen molar-refractivity contribution in [2.24, 2.45) is 0 Å². The highest BCUT2D eigenvalue weighted by molar-refractivity contribution is 6.30. The van der Waals surface area contributed by atoms with Crippen LogP contribution in [0.3, 0.4) is 0 Å². The Kier molecular flexibility index (Phi) is 2.92. The van der Waals surface area contributed by atoms with Crippen LogP contribution in [0.4, 0.5) is 5.69 Å². The molecule has 5 heteroatoms. The minimum Gasteiger partial charge on any atom is -0.382 e. The smallest absolute Gasteiger partial charge is 0.274 e. The number of anilines is 1. The summed E-state index contributed by atoms with van der Waals surface area (Å²) in [5, 5.41) is 3.41. The summed E-state index contributed by atoms with van der Waals surface area (Å²) < 4.78 is 0. The summed E-state index contributed by atoms with van der Waals surface area (Å²) in [6, 6.07) is 7.12. The molecule has 82 valence electrons. The van der Waals surface area contributed by atoms with Gasteiger partial charge in [-0.05, 0) is 24.3 Å². The molecule has 1 aromatic carbocycles. The first kappa shape index (κ1) is 10.7. The van der Waals surface area contributed by atoms with Gasteiger partial charge < -0.3 is 10.3 Å². The normalized spacial score (nSPS) is 10.1. The van der Waals surface area contributed by atoms with Crippen molar-refractivity contribution in [1.82, 2.24) is 9.97 Å². The van der Waals surface area contributed by atoms with Crippen LogP contribution in [0.5, 0.6) is 0 Å². The molecule has 0 amide bonds. The number of aromatic amines is 1. The van der Waals surface area contributed by atoms with Crippen LogP contribution in [0.15, 0.2) is 35.3 Å². The van der Waals surface area contributed by atoms with Gasteiger partial charge in [0.25, 0.3) is 5.56 Å². The maximum absolute atomic E-state index is 11.5. The molecule has 0 spiro atoms. The van der Waals surface area contributed by atoms with E-state index in [1.807, 2.05) is 0 Å². The predicted molar refractivity (Wildman–Crippen MR) is 64.9 cm³/mol. The average Bonchev–Trinajstić information content (AvgIpc) is 2.30. The van der Waals surface area contributed by atoms with Crippen LogP contribution < -0.4 is 10.9 Å². The van der Waals surface area contributed by atoms with Crippen LogP contribution in [0.1, 0.15) is 0 Å². The summed E-state index contributed by atoms with van der Waals surface area (Å²) in [5.41, 5.74) is 1.07. The van der Waals surface area contributed by atoms with Gasteiger partial charge in [0.15, 0.2) is 0 Å². The fraction of sp³-hybridized carbons (Fsp3) is 0.0909. The van der Waals surface area contributed by atoms with Crippen molar-refractivity contribution < 1.29 is 0 Å². The molecule has 0 fully saturated rings. The van der Waals surface area contributed by atoms with Gasteiger partial charge in [-0.15, -0.1) is 0 Å². The van der Waals surface area contributed by atoms with Crippen molar-refractivity contribution in [2.75, 3.05) is 12.4 Å². The molecule has 2 aromatic rings. The van der Waals surface area contributed by atoms with Gasteiger partial charge in [-0.1, -0.05) is 11.6 Å². The third kappa shape index (κ3) is 2.06. The Morgan fingerprint density at radius 1 is 1.31 bits per heavy atom. The van der Waals surface area contributed by atoms with Crippen molar-refractivity contribution in [3.63, 3.8) is 0 Å². The van der Waals surface area contributed by atoms with Gasteiger partial charge in [0.05, 0.1) is 6.20 Å². The van der Waals surface area contributed by atoms with E-state index in [9.17, 15) is 4.79 Å². The quantitative estimate of drug-likeness (QED) is 0.839. The lowest BCUT2D eigenvalue weighted by Crippen LogP contribution is -2.13. The summed E-state index contributed by atoms with van der Waals surface area (Å²) in [5.74, 6) is 0.528. The first-order valence-electron chi connectivity index (χ1n) is 4.73. The molecule has 0 atom stereocenters. The Bertz CT molecular complexity index is 548. The number of aromatic nitrogens is 2. The largest absolute Gasteiger partial charge is 0.382 e. The highest BCUT2D eigenvalue weighted by Gasteiger charge is 2.02. The number of nitrogens with zero attached hydrogens (tertiary/aromatic N) is 1. The van der Waals surface area contributed by atoms with Gasteiger partial charge >= 0.3 is 0 Å². The molecule has 1 heterocycles. The third-order valence-corrected chi connectivity index (χ3v) is 2.44. The maximum atomic E-state index is 11.5. The molecule has 0 aliphatic rings. The van der Waals surface area contributed by atoms with E-state index in [2.05, 4.69) is 15.3 Å². The van der Waals surface area contributed by atoms with Crippen molar-refractivity contribution in [2.45, 2.75) is 0 Å². The van der Waals surface area contributed by atoms with Crippen LogP contribution in [0, 0.1) is 0 Å². The van der Waals surface area contributed by atoms with E-state index in [4.69, 9.17) is 11.6 Å². The molecule has 0 saturated heterocycles. The van der Waals surface area contributed by atoms with Gasteiger partial charge in [-0.2, -0.15) is 0 Å². The Hall–Kier alpha value is -1.81. The van der Waals surface area contributed by atoms with Crippen molar-refractivity contribution in [3.8, 4) is 11.4 Å². The molecule has 2 rings (SSSR count). The van der Waals surface area contributed by atoms with Gasteiger partial charge in [0, 0.05) is 17.6 Å². The molecule has 0 bridgehead atoms. The summed E-state index contributed by atoms with van der Waals surface area (Å²) in [6.45, 7) is 0. The van der Waals surface area contributed by atoms with E-state index in [1.54, 1.807) is 31.3 Å². The third-order valence-electron chi connectivity index (χ3n) is 2.19. The van der Waals surface area contributed by atoms with Crippen LogP contribution >= 0.6 is 11.6 Å². The number of rotatable bonds is 2. The second-order valence-electron chi connectivity index (χ2n) is 3.23. The zero-order valence-corrected chi connectivity index (χ0v) is 9.38. The summed E-state index contributed by atoms with van der Waals surface area (Å²) in [6.07, 6.45) is 1.50. The molecule has 4 nitrogen and oxygen atoms in total. The number of benzene rings is 1. The van der Waals surface area contributed by atoms with E-state index >= 15 is 0 Å². The molecule has 0 aliphatic carbocycles. The Labute approximate surface area is 97.3 Å². The number of hydrogen-bond donors (Lipinski definition) is 2. The van der Waals surface area contributed by atoms with Crippen LogP contribution in [-0.2, 0) is 0 Å². The van der Waals surface area contributed by atoms with Crippen molar-refractivity contribution in [3.05, 3.63) is 45.8 Å². The van der Waals surface area contributed by atoms with E-state index in [0.717, 1.165) is 5.56 Å². The highest BCUT2D eigenvalue weighted by atomic mass is 35.5. The standard InChI is InChI=1S/C11H10ClN3O/c1-13-9-6-14-10(15-11(9)16)7-2-4-8(12)5-3-7/h2-6,13H,1H3,(H,14,15,16). The second kappa shape index (κ2) is 4.37. The lowest BCUT2D eigenvalue weighted by Gasteiger charge is -2.02. The summed E-state index contributed by atoms with van der Waals surface area (Å²) in [4.78, 5) is 18.4. The van der Waals surface area contributed by atoms with E-state index in [0.29, 0.717) is 16.5 Å². The monoisotopic (exact) mass is 235 g/mol.